The van der Waals surface area contributed by atoms with Gasteiger partial charge >= 0.3 is 0 Å². The number of aryl methyl sites for hydroxylation is 3. The molecule has 0 radical (unpaired) electrons. The molecule has 0 saturated heterocycles. The summed E-state index contributed by atoms with van der Waals surface area (Å²) >= 11 is 1.84. The molecular weight excluding hydrogens is 250 g/mol. The summed E-state index contributed by atoms with van der Waals surface area (Å²) in [6.45, 7) is 7.56. The molecule has 1 N–H and O–H groups in total. The summed E-state index contributed by atoms with van der Waals surface area (Å²) in [5, 5.41) is 5.81. The minimum atomic E-state index is 0.484. The third kappa shape index (κ3) is 3.92. The largest absolute Gasteiger partial charge is 0.310 e. The first kappa shape index (κ1) is 14.3. The Labute approximate surface area is 120 Å². The van der Waals surface area contributed by atoms with Gasteiger partial charge in [-0.25, -0.2) is 0 Å². The fourth-order valence-electron chi connectivity index (χ4n) is 2.44. The van der Waals surface area contributed by atoms with E-state index in [2.05, 4.69) is 61.8 Å². The Morgan fingerprint density at radius 2 is 1.84 bits per heavy atom. The first-order valence-corrected chi connectivity index (χ1v) is 7.91. The van der Waals surface area contributed by atoms with Crippen LogP contribution in [0.15, 0.2) is 35.7 Å². The minimum Gasteiger partial charge on any atom is -0.310 e. The zero-order valence-corrected chi connectivity index (χ0v) is 12.9. The lowest BCUT2D eigenvalue weighted by atomic mass is 9.99. The molecule has 1 nitrogen and oxygen atoms in total. The Kier molecular flexibility index (Phi) is 5.17. The molecule has 0 spiro atoms. The monoisotopic (exact) mass is 273 g/mol. The van der Waals surface area contributed by atoms with E-state index in [1.54, 1.807) is 0 Å². The molecule has 102 valence electrons. The molecule has 0 aliphatic rings. The average molecular weight is 273 g/mol. The Balaban J connectivity index is 2.01. The molecule has 1 heterocycles. The fourth-order valence-corrected chi connectivity index (χ4v) is 3.20. The van der Waals surface area contributed by atoms with Gasteiger partial charge in [0.15, 0.2) is 0 Å². The highest BCUT2D eigenvalue weighted by atomic mass is 32.1. The zero-order valence-electron chi connectivity index (χ0n) is 12.1. The van der Waals surface area contributed by atoms with Crippen LogP contribution < -0.4 is 5.32 Å². The number of benzene rings is 1. The van der Waals surface area contributed by atoms with Gasteiger partial charge in [0.1, 0.15) is 0 Å². The highest BCUT2D eigenvalue weighted by Crippen LogP contribution is 2.26. The van der Waals surface area contributed by atoms with E-state index in [4.69, 9.17) is 0 Å². The predicted molar refractivity (Wildman–Crippen MR) is 85.0 cm³/mol. The molecule has 1 aromatic carbocycles. The summed E-state index contributed by atoms with van der Waals surface area (Å²) in [5.41, 5.74) is 4.24. The molecule has 0 bridgehead atoms. The molecule has 0 amide bonds. The van der Waals surface area contributed by atoms with Gasteiger partial charge in [-0.1, -0.05) is 36.8 Å². The number of hydrogen-bond donors (Lipinski definition) is 1. The third-order valence-corrected chi connectivity index (χ3v) is 4.43. The predicted octanol–water partition coefficient (Wildman–Crippen LogP) is 4.65. The maximum Gasteiger partial charge on any atom is 0.0334 e. The molecule has 1 unspecified atom stereocenters. The van der Waals surface area contributed by atoms with Crippen LogP contribution in [0, 0.1) is 13.8 Å². The normalized spacial score (nSPS) is 12.6. The van der Waals surface area contributed by atoms with Crippen molar-refractivity contribution in [3.05, 3.63) is 57.3 Å². The Morgan fingerprint density at radius 3 is 2.42 bits per heavy atom. The Hall–Kier alpha value is -1.12. The molecule has 0 saturated carbocycles. The van der Waals surface area contributed by atoms with E-state index >= 15 is 0 Å². The van der Waals surface area contributed by atoms with Gasteiger partial charge in [-0.15, -0.1) is 11.3 Å². The second kappa shape index (κ2) is 6.88. The highest BCUT2D eigenvalue weighted by molar-refractivity contribution is 7.10. The summed E-state index contributed by atoms with van der Waals surface area (Å²) in [6.07, 6.45) is 2.29. The Morgan fingerprint density at radius 1 is 1.11 bits per heavy atom. The van der Waals surface area contributed by atoms with Gasteiger partial charge in [-0.05, 0) is 55.8 Å². The van der Waals surface area contributed by atoms with E-state index in [0.29, 0.717) is 6.04 Å². The number of hydrogen-bond acceptors (Lipinski definition) is 2. The number of thiophene rings is 1. The van der Waals surface area contributed by atoms with Crippen molar-refractivity contribution in [1.29, 1.82) is 0 Å². The second-order valence-electron chi connectivity index (χ2n) is 5.07. The van der Waals surface area contributed by atoms with Crippen molar-refractivity contribution in [3.8, 4) is 0 Å². The molecule has 1 aromatic heterocycles. The van der Waals surface area contributed by atoms with Crippen LogP contribution in [0.4, 0.5) is 0 Å². The van der Waals surface area contributed by atoms with Crippen molar-refractivity contribution in [3.63, 3.8) is 0 Å². The third-order valence-electron chi connectivity index (χ3n) is 3.57. The summed E-state index contributed by atoms with van der Waals surface area (Å²) in [7, 11) is 0. The molecule has 2 rings (SSSR count). The standard InChI is InChI=1S/C17H23NS/c1-4-18-17(16-11-12-19-14(16)3)10-9-15-7-5-13(2)6-8-15/h5-8,11-12,17-18H,4,9-10H2,1-3H3. The van der Waals surface area contributed by atoms with Crippen LogP contribution >= 0.6 is 11.3 Å². The highest BCUT2D eigenvalue weighted by Gasteiger charge is 2.13. The SMILES string of the molecule is CCNC(CCc1ccc(C)cc1)c1ccsc1C. The minimum absolute atomic E-state index is 0.484. The molecular formula is C17H23NS. The van der Waals surface area contributed by atoms with Crippen molar-refractivity contribution >= 4 is 11.3 Å². The molecule has 2 heteroatoms. The van der Waals surface area contributed by atoms with Crippen molar-refractivity contribution in [2.24, 2.45) is 0 Å². The van der Waals surface area contributed by atoms with Crippen LogP contribution in [0.3, 0.4) is 0 Å². The van der Waals surface area contributed by atoms with Crippen LogP contribution in [0.25, 0.3) is 0 Å². The van der Waals surface area contributed by atoms with Gasteiger partial charge in [0.2, 0.25) is 0 Å². The smallest absolute Gasteiger partial charge is 0.0334 e. The summed E-state index contributed by atoms with van der Waals surface area (Å²) in [6, 6.07) is 11.7. The molecule has 0 aliphatic heterocycles. The van der Waals surface area contributed by atoms with Gasteiger partial charge < -0.3 is 5.32 Å². The quantitative estimate of drug-likeness (QED) is 0.808. The van der Waals surface area contributed by atoms with E-state index in [0.717, 1.165) is 19.4 Å². The zero-order chi connectivity index (χ0) is 13.7. The van der Waals surface area contributed by atoms with E-state index < -0.39 is 0 Å². The van der Waals surface area contributed by atoms with Crippen molar-refractivity contribution in [1.82, 2.24) is 5.32 Å². The van der Waals surface area contributed by atoms with Gasteiger partial charge in [0.05, 0.1) is 0 Å². The summed E-state index contributed by atoms with van der Waals surface area (Å²) in [5.74, 6) is 0. The first-order valence-electron chi connectivity index (χ1n) is 7.03. The molecule has 2 aromatic rings. The second-order valence-corrected chi connectivity index (χ2v) is 6.19. The summed E-state index contributed by atoms with van der Waals surface area (Å²) < 4.78 is 0. The first-order chi connectivity index (χ1) is 9.20. The van der Waals surface area contributed by atoms with Gasteiger partial charge in [-0.2, -0.15) is 0 Å². The van der Waals surface area contributed by atoms with Gasteiger partial charge in [0.25, 0.3) is 0 Å². The average Bonchev–Trinajstić information content (AvgIpc) is 2.83. The van der Waals surface area contributed by atoms with E-state index in [1.807, 2.05) is 11.3 Å². The lowest BCUT2D eigenvalue weighted by Gasteiger charge is -2.18. The van der Waals surface area contributed by atoms with Crippen LogP contribution in [0.1, 0.15) is 41.0 Å². The van der Waals surface area contributed by atoms with Crippen molar-refractivity contribution in [2.45, 2.75) is 39.7 Å². The topological polar surface area (TPSA) is 12.0 Å². The maximum absolute atomic E-state index is 3.61. The lowest BCUT2D eigenvalue weighted by Crippen LogP contribution is -2.21. The maximum atomic E-state index is 3.61. The number of rotatable bonds is 6. The van der Waals surface area contributed by atoms with Crippen LogP contribution in [0.5, 0.6) is 0 Å². The molecule has 1 atom stereocenters. The molecule has 19 heavy (non-hydrogen) atoms. The van der Waals surface area contributed by atoms with E-state index in [-0.39, 0.29) is 0 Å². The van der Waals surface area contributed by atoms with E-state index in [9.17, 15) is 0 Å². The molecule has 0 fully saturated rings. The Bertz CT molecular complexity index is 498. The van der Waals surface area contributed by atoms with Crippen molar-refractivity contribution in [2.75, 3.05) is 6.54 Å². The molecule has 0 aliphatic carbocycles. The summed E-state index contributed by atoms with van der Waals surface area (Å²) in [4.78, 5) is 1.44. The van der Waals surface area contributed by atoms with E-state index in [1.165, 1.54) is 21.6 Å². The van der Waals surface area contributed by atoms with Gasteiger partial charge in [-0.3, -0.25) is 0 Å². The van der Waals surface area contributed by atoms with Crippen LogP contribution in [0.2, 0.25) is 0 Å². The fraction of sp³-hybridized carbons (Fsp3) is 0.412. The lowest BCUT2D eigenvalue weighted by molar-refractivity contribution is 0.515. The van der Waals surface area contributed by atoms with Crippen LogP contribution in [-0.2, 0) is 6.42 Å². The van der Waals surface area contributed by atoms with Crippen LogP contribution in [-0.4, -0.2) is 6.54 Å². The van der Waals surface area contributed by atoms with Crippen molar-refractivity contribution < 1.29 is 0 Å². The van der Waals surface area contributed by atoms with Gasteiger partial charge in [0, 0.05) is 10.9 Å². The number of nitrogens with one attached hydrogen (secondary N) is 1.